The van der Waals surface area contributed by atoms with Crippen LogP contribution in [0.4, 0.5) is 0 Å². The van der Waals surface area contributed by atoms with Gasteiger partial charge in [0.2, 0.25) is 0 Å². The highest BCUT2D eigenvalue weighted by atomic mass is 16.5. The number of benzene rings is 2. The van der Waals surface area contributed by atoms with Crippen LogP contribution in [0.3, 0.4) is 0 Å². The molecule has 0 spiro atoms. The molecule has 0 saturated heterocycles. The Morgan fingerprint density at radius 1 is 1.10 bits per heavy atom. The zero-order valence-electron chi connectivity index (χ0n) is 17.8. The summed E-state index contributed by atoms with van der Waals surface area (Å²) in [5.74, 6) is 1.56. The first-order valence-electron chi connectivity index (χ1n) is 10.1. The third-order valence-corrected chi connectivity index (χ3v) is 5.46. The molecule has 0 atom stereocenters. The normalized spacial score (nSPS) is 11.1. The van der Waals surface area contributed by atoms with Crippen LogP contribution in [-0.4, -0.2) is 27.1 Å². The summed E-state index contributed by atoms with van der Waals surface area (Å²) in [5, 5.41) is 3.05. The fourth-order valence-corrected chi connectivity index (χ4v) is 3.99. The molecular formula is C24H26N4O2. The zero-order chi connectivity index (χ0) is 21.3. The number of carbonyl (C=O) groups excluding carboxylic acids is 1. The summed E-state index contributed by atoms with van der Waals surface area (Å²) in [7, 11) is 1.65. The first-order valence-corrected chi connectivity index (χ1v) is 10.1. The van der Waals surface area contributed by atoms with Crippen LogP contribution in [0.2, 0.25) is 0 Å². The minimum Gasteiger partial charge on any atom is -0.497 e. The number of amides is 1. The number of nitrogens with one attached hydrogen (secondary N) is 1. The predicted molar refractivity (Wildman–Crippen MR) is 118 cm³/mol. The van der Waals surface area contributed by atoms with E-state index in [0.717, 1.165) is 46.2 Å². The highest BCUT2D eigenvalue weighted by molar-refractivity contribution is 5.96. The summed E-state index contributed by atoms with van der Waals surface area (Å²) in [5.41, 5.74) is 5.60. The van der Waals surface area contributed by atoms with Crippen LogP contribution in [0.1, 0.15) is 34.5 Å². The van der Waals surface area contributed by atoms with Gasteiger partial charge < -0.3 is 19.2 Å². The molecule has 1 amide bonds. The molecule has 6 heteroatoms. The second kappa shape index (κ2) is 8.06. The van der Waals surface area contributed by atoms with Crippen molar-refractivity contribution in [1.82, 2.24) is 19.4 Å². The van der Waals surface area contributed by atoms with Crippen molar-refractivity contribution >= 4 is 16.9 Å². The van der Waals surface area contributed by atoms with E-state index in [1.54, 1.807) is 7.11 Å². The Kier molecular flexibility index (Phi) is 5.31. The molecule has 0 aliphatic rings. The Morgan fingerprint density at radius 2 is 1.83 bits per heavy atom. The number of hydrogen-bond donors (Lipinski definition) is 1. The number of methoxy groups -OCH3 is 1. The standard InChI is InChI=1S/C24H26N4O2/c1-5-27-22-9-7-6-8-21(22)26-23(27)15-25-24(29)20-14-16(2)28(17(20)3)18-10-12-19(30-4)13-11-18/h6-14H,5,15H2,1-4H3,(H,25,29). The summed E-state index contributed by atoms with van der Waals surface area (Å²) in [6.07, 6.45) is 0. The Bertz CT molecular complexity index is 1200. The molecule has 154 valence electrons. The maximum Gasteiger partial charge on any atom is 0.253 e. The van der Waals surface area contributed by atoms with Crippen molar-refractivity contribution in [3.63, 3.8) is 0 Å². The molecule has 2 heterocycles. The zero-order valence-corrected chi connectivity index (χ0v) is 17.8. The number of para-hydroxylation sites is 2. The lowest BCUT2D eigenvalue weighted by molar-refractivity contribution is 0.0949. The van der Waals surface area contributed by atoms with Crippen LogP contribution in [0.15, 0.2) is 54.6 Å². The van der Waals surface area contributed by atoms with E-state index in [9.17, 15) is 4.79 Å². The maximum atomic E-state index is 13.0. The molecule has 0 radical (unpaired) electrons. The summed E-state index contributed by atoms with van der Waals surface area (Å²) in [6.45, 7) is 7.24. The van der Waals surface area contributed by atoms with E-state index in [1.165, 1.54) is 0 Å². The van der Waals surface area contributed by atoms with Gasteiger partial charge in [0.1, 0.15) is 11.6 Å². The Labute approximate surface area is 176 Å². The SMILES string of the molecule is CCn1c(CNC(=O)c2cc(C)n(-c3ccc(OC)cc3)c2C)nc2ccccc21. The van der Waals surface area contributed by atoms with Gasteiger partial charge in [-0.25, -0.2) is 4.98 Å². The minimum absolute atomic E-state index is 0.0995. The molecule has 0 saturated carbocycles. The van der Waals surface area contributed by atoms with Gasteiger partial charge in [-0.15, -0.1) is 0 Å². The van der Waals surface area contributed by atoms with Crippen LogP contribution < -0.4 is 10.1 Å². The monoisotopic (exact) mass is 402 g/mol. The first kappa shape index (κ1) is 19.8. The molecule has 1 N–H and O–H groups in total. The van der Waals surface area contributed by atoms with E-state index in [0.29, 0.717) is 12.1 Å². The van der Waals surface area contributed by atoms with Gasteiger partial charge in [-0.1, -0.05) is 12.1 Å². The number of ether oxygens (including phenoxy) is 1. The molecule has 4 aromatic rings. The number of fused-ring (bicyclic) bond motifs is 1. The molecule has 0 unspecified atom stereocenters. The number of aromatic nitrogens is 3. The van der Waals surface area contributed by atoms with E-state index < -0.39 is 0 Å². The number of nitrogens with zero attached hydrogens (tertiary/aromatic N) is 3. The van der Waals surface area contributed by atoms with E-state index >= 15 is 0 Å². The molecular weight excluding hydrogens is 376 g/mol. The van der Waals surface area contributed by atoms with Gasteiger partial charge in [-0.05, 0) is 63.2 Å². The largest absolute Gasteiger partial charge is 0.497 e. The smallest absolute Gasteiger partial charge is 0.253 e. The average molecular weight is 402 g/mol. The van der Waals surface area contributed by atoms with Gasteiger partial charge in [-0.2, -0.15) is 0 Å². The van der Waals surface area contributed by atoms with Crippen molar-refractivity contribution in [2.45, 2.75) is 33.9 Å². The lowest BCUT2D eigenvalue weighted by Crippen LogP contribution is -2.25. The molecule has 0 aliphatic carbocycles. The van der Waals surface area contributed by atoms with Gasteiger partial charge in [0.25, 0.3) is 5.91 Å². The van der Waals surface area contributed by atoms with Gasteiger partial charge in [0.15, 0.2) is 0 Å². The molecule has 30 heavy (non-hydrogen) atoms. The molecule has 2 aromatic heterocycles. The molecule has 0 bridgehead atoms. The maximum absolute atomic E-state index is 13.0. The Hall–Kier alpha value is -3.54. The number of hydrogen-bond acceptors (Lipinski definition) is 3. The van der Waals surface area contributed by atoms with Crippen molar-refractivity contribution in [2.75, 3.05) is 7.11 Å². The van der Waals surface area contributed by atoms with Crippen molar-refractivity contribution in [3.8, 4) is 11.4 Å². The highest BCUT2D eigenvalue weighted by Gasteiger charge is 2.18. The van der Waals surface area contributed by atoms with Crippen LogP contribution >= 0.6 is 0 Å². The first-order chi connectivity index (χ1) is 14.5. The van der Waals surface area contributed by atoms with Crippen LogP contribution in [0.5, 0.6) is 5.75 Å². The Morgan fingerprint density at radius 3 is 2.53 bits per heavy atom. The molecule has 4 rings (SSSR count). The average Bonchev–Trinajstić information content (AvgIpc) is 3.28. The number of rotatable bonds is 6. The van der Waals surface area contributed by atoms with Crippen LogP contribution in [-0.2, 0) is 13.1 Å². The van der Waals surface area contributed by atoms with Crippen molar-refractivity contribution < 1.29 is 9.53 Å². The summed E-state index contributed by atoms with van der Waals surface area (Å²) >= 11 is 0. The van der Waals surface area contributed by atoms with Crippen molar-refractivity contribution in [1.29, 1.82) is 0 Å². The molecule has 0 aliphatic heterocycles. The second-order valence-electron chi connectivity index (χ2n) is 7.26. The highest BCUT2D eigenvalue weighted by Crippen LogP contribution is 2.23. The van der Waals surface area contributed by atoms with Gasteiger partial charge in [0, 0.05) is 23.6 Å². The molecule has 6 nitrogen and oxygen atoms in total. The fraction of sp³-hybridized carbons (Fsp3) is 0.250. The quantitative estimate of drug-likeness (QED) is 0.520. The minimum atomic E-state index is -0.0995. The molecule has 2 aromatic carbocycles. The third-order valence-electron chi connectivity index (χ3n) is 5.46. The van der Waals surface area contributed by atoms with E-state index in [1.807, 2.05) is 62.4 Å². The van der Waals surface area contributed by atoms with Crippen molar-refractivity contribution in [3.05, 3.63) is 77.4 Å². The number of imidazole rings is 1. The lowest BCUT2D eigenvalue weighted by atomic mass is 10.2. The third kappa shape index (κ3) is 3.45. The van der Waals surface area contributed by atoms with Gasteiger partial charge in [-0.3, -0.25) is 4.79 Å². The van der Waals surface area contributed by atoms with Crippen LogP contribution in [0.25, 0.3) is 16.7 Å². The number of carbonyl (C=O) groups is 1. The summed E-state index contributed by atoms with van der Waals surface area (Å²) < 4.78 is 9.46. The Balaban J connectivity index is 1.57. The lowest BCUT2D eigenvalue weighted by Gasteiger charge is -2.11. The van der Waals surface area contributed by atoms with Gasteiger partial charge in [0.05, 0.1) is 30.3 Å². The van der Waals surface area contributed by atoms with Crippen LogP contribution in [0, 0.1) is 13.8 Å². The van der Waals surface area contributed by atoms with E-state index in [4.69, 9.17) is 4.74 Å². The summed E-state index contributed by atoms with van der Waals surface area (Å²) in [4.78, 5) is 17.7. The summed E-state index contributed by atoms with van der Waals surface area (Å²) in [6, 6.07) is 17.8. The number of aryl methyl sites for hydroxylation is 2. The van der Waals surface area contributed by atoms with Crippen molar-refractivity contribution in [2.24, 2.45) is 0 Å². The fourth-order valence-electron chi connectivity index (χ4n) is 3.99. The van der Waals surface area contributed by atoms with Gasteiger partial charge >= 0.3 is 0 Å². The molecule has 0 fully saturated rings. The topological polar surface area (TPSA) is 61.1 Å². The van der Waals surface area contributed by atoms with E-state index in [2.05, 4.69) is 32.4 Å². The van der Waals surface area contributed by atoms with E-state index in [-0.39, 0.29) is 5.91 Å². The second-order valence-corrected chi connectivity index (χ2v) is 7.26. The predicted octanol–water partition coefficient (Wildman–Crippen LogP) is 4.40.